The van der Waals surface area contributed by atoms with E-state index in [9.17, 15) is 0 Å². The van der Waals surface area contributed by atoms with Crippen molar-refractivity contribution < 1.29 is 4.74 Å². The molecule has 0 fully saturated rings. The number of hydrogen-bond acceptors (Lipinski definition) is 3. The number of methoxy groups -OCH3 is 1. The molecule has 1 aromatic rings. The van der Waals surface area contributed by atoms with Gasteiger partial charge in [-0.25, -0.2) is 0 Å². The second-order valence-corrected chi connectivity index (χ2v) is 5.76. The van der Waals surface area contributed by atoms with Crippen molar-refractivity contribution in [3.05, 3.63) is 29.8 Å². The van der Waals surface area contributed by atoms with E-state index in [1.165, 1.54) is 11.3 Å². The molecule has 3 heteroatoms. The fourth-order valence-electron chi connectivity index (χ4n) is 2.12. The third kappa shape index (κ3) is 5.51. The number of nitrogens with one attached hydrogen (secondary N) is 1. The zero-order valence-electron chi connectivity index (χ0n) is 13.7. The molecule has 114 valence electrons. The lowest BCUT2D eigenvalue weighted by Crippen LogP contribution is -2.26. The van der Waals surface area contributed by atoms with Crippen LogP contribution < -0.4 is 5.32 Å². The molecule has 1 N–H and O–H groups in total. The molecule has 0 heterocycles. The minimum absolute atomic E-state index is 0.0686. The Morgan fingerprint density at radius 1 is 1.15 bits per heavy atom. The van der Waals surface area contributed by atoms with Crippen LogP contribution in [-0.2, 0) is 11.3 Å². The zero-order valence-corrected chi connectivity index (χ0v) is 13.7. The summed E-state index contributed by atoms with van der Waals surface area (Å²) in [7, 11) is 1.77. The Morgan fingerprint density at radius 2 is 1.80 bits per heavy atom. The highest BCUT2D eigenvalue weighted by molar-refractivity contribution is 5.51. The van der Waals surface area contributed by atoms with E-state index in [4.69, 9.17) is 4.74 Å². The first-order valence-electron chi connectivity index (χ1n) is 7.61. The van der Waals surface area contributed by atoms with Crippen LogP contribution in [0.2, 0.25) is 0 Å². The van der Waals surface area contributed by atoms with Gasteiger partial charge in [0.15, 0.2) is 0 Å². The number of rotatable bonds is 9. The summed E-state index contributed by atoms with van der Waals surface area (Å²) in [6.45, 7) is 12.8. The number of ether oxygens (including phenoxy) is 1. The molecule has 0 aromatic heterocycles. The van der Waals surface area contributed by atoms with Crippen molar-refractivity contribution in [1.29, 1.82) is 0 Å². The van der Waals surface area contributed by atoms with Crippen LogP contribution in [0.4, 0.5) is 5.69 Å². The van der Waals surface area contributed by atoms with E-state index >= 15 is 0 Å². The van der Waals surface area contributed by atoms with Crippen molar-refractivity contribution in [1.82, 2.24) is 4.90 Å². The maximum atomic E-state index is 5.46. The molecule has 0 amide bonds. The predicted molar refractivity (Wildman–Crippen MR) is 87.3 cm³/mol. The van der Waals surface area contributed by atoms with Gasteiger partial charge in [-0.05, 0) is 45.0 Å². The van der Waals surface area contributed by atoms with Crippen molar-refractivity contribution in [2.75, 3.05) is 32.1 Å². The van der Waals surface area contributed by atoms with E-state index in [0.29, 0.717) is 0 Å². The number of benzene rings is 1. The maximum absolute atomic E-state index is 5.46. The third-order valence-electron chi connectivity index (χ3n) is 3.90. The second-order valence-electron chi connectivity index (χ2n) is 5.76. The lowest BCUT2D eigenvalue weighted by molar-refractivity contribution is 0.0185. The van der Waals surface area contributed by atoms with Gasteiger partial charge < -0.3 is 10.1 Å². The standard InChI is InChI=1S/C17H30N2O/c1-6-19(7-2)14-15-10-8-9-11-16(15)18-13-12-17(3,4)20-5/h8-11,18H,6-7,12-14H2,1-5H3. The molecule has 0 saturated heterocycles. The summed E-state index contributed by atoms with van der Waals surface area (Å²) in [4.78, 5) is 2.43. The minimum Gasteiger partial charge on any atom is -0.385 e. The molecule has 20 heavy (non-hydrogen) atoms. The van der Waals surface area contributed by atoms with E-state index in [-0.39, 0.29) is 5.60 Å². The van der Waals surface area contributed by atoms with E-state index in [1.807, 2.05) is 0 Å². The topological polar surface area (TPSA) is 24.5 Å². The van der Waals surface area contributed by atoms with Gasteiger partial charge in [0.25, 0.3) is 0 Å². The Morgan fingerprint density at radius 3 is 2.40 bits per heavy atom. The Hall–Kier alpha value is -1.06. The van der Waals surface area contributed by atoms with Crippen molar-refractivity contribution in [3.63, 3.8) is 0 Å². The first-order valence-corrected chi connectivity index (χ1v) is 7.61. The Labute approximate surface area is 124 Å². The van der Waals surface area contributed by atoms with Gasteiger partial charge in [0.2, 0.25) is 0 Å². The molecule has 0 radical (unpaired) electrons. The van der Waals surface area contributed by atoms with Crippen LogP contribution in [0, 0.1) is 0 Å². The van der Waals surface area contributed by atoms with Crippen LogP contribution in [0.15, 0.2) is 24.3 Å². The zero-order chi connectivity index (χ0) is 15.0. The molecule has 3 nitrogen and oxygen atoms in total. The number of nitrogens with zero attached hydrogens (tertiary/aromatic N) is 1. The lowest BCUT2D eigenvalue weighted by atomic mass is 10.1. The molecule has 0 atom stereocenters. The molecule has 1 rings (SSSR count). The SMILES string of the molecule is CCN(CC)Cc1ccccc1NCCC(C)(C)OC. The van der Waals surface area contributed by atoms with Crippen molar-refractivity contribution >= 4 is 5.69 Å². The molecule has 0 aliphatic carbocycles. The average molecular weight is 278 g/mol. The fourth-order valence-corrected chi connectivity index (χ4v) is 2.12. The van der Waals surface area contributed by atoms with E-state index < -0.39 is 0 Å². The smallest absolute Gasteiger partial charge is 0.0639 e. The summed E-state index contributed by atoms with van der Waals surface area (Å²) in [6.07, 6.45) is 0.989. The van der Waals surface area contributed by atoms with Crippen LogP contribution in [0.5, 0.6) is 0 Å². The first kappa shape index (κ1) is 17.0. The van der Waals surface area contributed by atoms with Crippen molar-refractivity contribution in [2.45, 2.75) is 46.3 Å². The number of hydrogen-bond donors (Lipinski definition) is 1. The van der Waals surface area contributed by atoms with Gasteiger partial charge in [-0.15, -0.1) is 0 Å². The monoisotopic (exact) mass is 278 g/mol. The van der Waals surface area contributed by atoms with Crippen LogP contribution >= 0.6 is 0 Å². The number of para-hydroxylation sites is 1. The van der Waals surface area contributed by atoms with E-state index in [2.05, 4.69) is 62.2 Å². The fraction of sp³-hybridized carbons (Fsp3) is 0.647. The molecular formula is C17H30N2O. The van der Waals surface area contributed by atoms with Gasteiger partial charge in [-0.2, -0.15) is 0 Å². The highest BCUT2D eigenvalue weighted by Crippen LogP contribution is 2.19. The largest absolute Gasteiger partial charge is 0.385 e. The molecule has 0 spiro atoms. The van der Waals surface area contributed by atoms with Gasteiger partial charge in [-0.3, -0.25) is 4.90 Å². The molecule has 0 saturated carbocycles. The second kappa shape index (κ2) is 8.28. The van der Waals surface area contributed by atoms with Crippen molar-refractivity contribution in [2.24, 2.45) is 0 Å². The highest BCUT2D eigenvalue weighted by atomic mass is 16.5. The quantitative estimate of drug-likeness (QED) is 0.744. The average Bonchev–Trinajstić information content (AvgIpc) is 2.46. The summed E-state index contributed by atoms with van der Waals surface area (Å²) in [5.41, 5.74) is 2.54. The molecule has 0 aliphatic heterocycles. The maximum Gasteiger partial charge on any atom is 0.0639 e. The molecule has 1 aromatic carbocycles. The summed E-state index contributed by atoms with van der Waals surface area (Å²) in [5, 5.41) is 3.55. The van der Waals surface area contributed by atoms with Crippen LogP contribution in [-0.4, -0.2) is 37.2 Å². The summed E-state index contributed by atoms with van der Waals surface area (Å²) < 4.78 is 5.46. The van der Waals surface area contributed by atoms with E-state index in [1.54, 1.807) is 7.11 Å². The summed E-state index contributed by atoms with van der Waals surface area (Å²) >= 11 is 0. The van der Waals surface area contributed by atoms with Crippen LogP contribution in [0.25, 0.3) is 0 Å². The third-order valence-corrected chi connectivity index (χ3v) is 3.90. The van der Waals surface area contributed by atoms with Gasteiger partial charge in [0.05, 0.1) is 5.60 Å². The predicted octanol–water partition coefficient (Wildman–Crippen LogP) is 3.76. The first-order chi connectivity index (χ1) is 9.52. The Balaban J connectivity index is 2.61. The normalized spacial score (nSPS) is 11.9. The molecule has 0 aliphatic rings. The van der Waals surface area contributed by atoms with Gasteiger partial charge in [-0.1, -0.05) is 32.0 Å². The van der Waals surface area contributed by atoms with Gasteiger partial charge in [0.1, 0.15) is 0 Å². The molecular weight excluding hydrogens is 248 g/mol. The summed E-state index contributed by atoms with van der Waals surface area (Å²) in [6, 6.07) is 8.58. The summed E-state index contributed by atoms with van der Waals surface area (Å²) in [5.74, 6) is 0. The Kier molecular flexibility index (Phi) is 7.03. The lowest BCUT2D eigenvalue weighted by Gasteiger charge is -2.24. The van der Waals surface area contributed by atoms with Crippen LogP contribution in [0.1, 0.15) is 39.7 Å². The van der Waals surface area contributed by atoms with Gasteiger partial charge >= 0.3 is 0 Å². The van der Waals surface area contributed by atoms with Gasteiger partial charge in [0, 0.05) is 25.9 Å². The van der Waals surface area contributed by atoms with E-state index in [0.717, 1.165) is 32.6 Å². The van der Waals surface area contributed by atoms with Crippen LogP contribution in [0.3, 0.4) is 0 Å². The molecule has 0 bridgehead atoms. The highest BCUT2D eigenvalue weighted by Gasteiger charge is 2.15. The number of anilines is 1. The molecule has 0 unspecified atom stereocenters. The van der Waals surface area contributed by atoms with Crippen molar-refractivity contribution in [3.8, 4) is 0 Å². The minimum atomic E-state index is -0.0686. The Bertz CT molecular complexity index is 386.